The van der Waals surface area contributed by atoms with E-state index in [-0.39, 0.29) is 11.4 Å². The zero-order valence-electron chi connectivity index (χ0n) is 14.5. The summed E-state index contributed by atoms with van der Waals surface area (Å²) >= 11 is 0. The number of likely N-dealkylation sites (tertiary alicyclic amines) is 2. The second kappa shape index (κ2) is 6.52. The molecule has 1 amide bonds. The van der Waals surface area contributed by atoms with Gasteiger partial charge in [0.05, 0.1) is 13.5 Å². The van der Waals surface area contributed by atoms with Gasteiger partial charge in [-0.25, -0.2) is 0 Å². The minimum atomic E-state index is 0.139. The summed E-state index contributed by atoms with van der Waals surface area (Å²) in [7, 11) is 3.87. The van der Waals surface area contributed by atoms with Crippen molar-refractivity contribution >= 4 is 5.91 Å². The number of likely N-dealkylation sites (N-methyl/N-ethyl adjacent to an activating group) is 1. The maximum Gasteiger partial charge on any atom is 0.227 e. The van der Waals surface area contributed by atoms with Crippen molar-refractivity contribution < 1.29 is 9.53 Å². The molecular formula is C19H28N2O2. The molecule has 2 saturated heterocycles. The summed E-state index contributed by atoms with van der Waals surface area (Å²) in [5, 5.41) is 0. The van der Waals surface area contributed by atoms with E-state index in [1.807, 2.05) is 24.3 Å². The van der Waals surface area contributed by atoms with Crippen molar-refractivity contribution in [2.75, 3.05) is 27.2 Å². The Morgan fingerprint density at radius 3 is 2.96 bits per heavy atom. The number of carbonyl (C=O) groups is 1. The second-order valence-electron chi connectivity index (χ2n) is 7.16. The number of hydrogen-bond donors (Lipinski definition) is 0. The molecular weight excluding hydrogens is 288 g/mol. The van der Waals surface area contributed by atoms with Crippen LogP contribution in [0.5, 0.6) is 5.75 Å². The van der Waals surface area contributed by atoms with Crippen molar-refractivity contribution in [1.82, 2.24) is 9.80 Å². The van der Waals surface area contributed by atoms with Gasteiger partial charge in [0, 0.05) is 18.1 Å². The lowest BCUT2D eigenvalue weighted by Crippen LogP contribution is -2.66. The molecule has 4 heteroatoms. The van der Waals surface area contributed by atoms with Gasteiger partial charge in [0.15, 0.2) is 0 Å². The monoisotopic (exact) mass is 316 g/mol. The summed E-state index contributed by atoms with van der Waals surface area (Å²) in [4.78, 5) is 17.6. The maximum absolute atomic E-state index is 12.9. The molecule has 0 N–H and O–H groups in total. The summed E-state index contributed by atoms with van der Waals surface area (Å²) in [5.41, 5.74) is 1.17. The normalized spacial score (nSPS) is 28.3. The van der Waals surface area contributed by atoms with Gasteiger partial charge in [-0.3, -0.25) is 9.69 Å². The fraction of sp³-hybridized carbons (Fsp3) is 0.632. The third-order valence-electron chi connectivity index (χ3n) is 5.83. The van der Waals surface area contributed by atoms with Gasteiger partial charge in [0.1, 0.15) is 5.75 Å². The minimum absolute atomic E-state index is 0.139. The molecule has 1 aromatic carbocycles. The van der Waals surface area contributed by atoms with Gasteiger partial charge in [0.25, 0.3) is 0 Å². The third-order valence-corrected chi connectivity index (χ3v) is 5.83. The molecule has 2 aliphatic heterocycles. The number of benzene rings is 1. The predicted molar refractivity (Wildman–Crippen MR) is 91.7 cm³/mol. The molecule has 4 nitrogen and oxygen atoms in total. The van der Waals surface area contributed by atoms with Gasteiger partial charge in [-0.1, -0.05) is 12.1 Å². The predicted octanol–water partition coefficient (Wildman–Crippen LogP) is 2.71. The Balaban J connectivity index is 1.75. The first-order valence-corrected chi connectivity index (χ1v) is 8.68. The quantitative estimate of drug-likeness (QED) is 0.859. The number of piperidine rings is 2. The molecule has 0 spiro atoms. The molecule has 0 aliphatic carbocycles. The molecule has 1 aromatic rings. The number of amides is 1. The number of methoxy groups -OCH3 is 1. The fourth-order valence-electron chi connectivity index (χ4n) is 4.31. The summed E-state index contributed by atoms with van der Waals surface area (Å²) in [5.74, 6) is 1.07. The lowest BCUT2D eigenvalue weighted by molar-refractivity contribution is -0.142. The second-order valence-corrected chi connectivity index (χ2v) is 7.16. The van der Waals surface area contributed by atoms with Crippen LogP contribution in [0.3, 0.4) is 0 Å². The number of fused-ring (bicyclic) bond motifs is 1. The number of nitrogens with zero attached hydrogens (tertiary/aromatic N) is 2. The van der Waals surface area contributed by atoms with Gasteiger partial charge in [-0.15, -0.1) is 0 Å². The smallest absolute Gasteiger partial charge is 0.227 e. The van der Waals surface area contributed by atoms with Gasteiger partial charge in [-0.2, -0.15) is 0 Å². The summed E-state index contributed by atoms with van der Waals surface area (Å²) in [6, 6.07) is 8.20. The molecule has 2 aliphatic rings. The molecule has 2 atom stereocenters. The molecule has 23 heavy (non-hydrogen) atoms. The van der Waals surface area contributed by atoms with Crippen molar-refractivity contribution in [3.05, 3.63) is 29.8 Å². The average Bonchev–Trinajstić information content (AvgIpc) is 2.55. The molecule has 2 fully saturated rings. The lowest BCUT2D eigenvalue weighted by Gasteiger charge is -2.55. The lowest BCUT2D eigenvalue weighted by atomic mass is 9.76. The Morgan fingerprint density at radius 2 is 2.17 bits per heavy atom. The molecule has 3 rings (SSSR count). The number of hydrogen-bond acceptors (Lipinski definition) is 3. The molecule has 0 saturated carbocycles. The first kappa shape index (κ1) is 16.3. The van der Waals surface area contributed by atoms with Crippen LogP contribution in [-0.2, 0) is 11.2 Å². The van der Waals surface area contributed by atoms with E-state index >= 15 is 0 Å². The van der Waals surface area contributed by atoms with Crippen molar-refractivity contribution in [2.45, 2.75) is 50.6 Å². The topological polar surface area (TPSA) is 32.8 Å². The van der Waals surface area contributed by atoms with Crippen LogP contribution in [0, 0.1) is 0 Å². The minimum Gasteiger partial charge on any atom is -0.497 e. The SMILES string of the molecule is COc1cccc(CC(=O)N2CCC[C@@]3(C)[C@@H]2CCCN3C)c1. The highest BCUT2D eigenvalue weighted by molar-refractivity contribution is 5.79. The van der Waals surface area contributed by atoms with E-state index in [0.29, 0.717) is 12.5 Å². The van der Waals surface area contributed by atoms with Crippen LogP contribution in [0.25, 0.3) is 0 Å². The van der Waals surface area contributed by atoms with E-state index in [1.165, 1.54) is 12.8 Å². The van der Waals surface area contributed by atoms with Crippen molar-refractivity contribution in [3.8, 4) is 5.75 Å². The third kappa shape index (κ3) is 3.09. The van der Waals surface area contributed by atoms with Gasteiger partial charge in [0.2, 0.25) is 5.91 Å². The highest BCUT2D eigenvalue weighted by atomic mass is 16.5. The van der Waals surface area contributed by atoms with E-state index in [1.54, 1.807) is 7.11 Å². The van der Waals surface area contributed by atoms with Crippen LogP contribution >= 0.6 is 0 Å². The Morgan fingerprint density at radius 1 is 1.35 bits per heavy atom. The Hall–Kier alpha value is -1.55. The summed E-state index contributed by atoms with van der Waals surface area (Å²) in [6.07, 6.45) is 5.07. The van der Waals surface area contributed by atoms with E-state index in [4.69, 9.17) is 4.74 Å². The zero-order chi connectivity index (χ0) is 16.4. The number of ether oxygens (including phenoxy) is 1. The van der Waals surface area contributed by atoms with Crippen molar-refractivity contribution in [1.29, 1.82) is 0 Å². The van der Waals surface area contributed by atoms with Gasteiger partial charge >= 0.3 is 0 Å². The van der Waals surface area contributed by atoms with Crippen LogP contribution in [0.4, 0.5) is 0 Å². The van der Waals surface area contributed by atoms with E-state index in [2.05, 4.69) is 23.8 Å². The van der Waals surface area contributed by atoms with Crippen LogP contribution in [-0.4, -0.2) is 54.5 Å². The average molecular weight is 316 g/mol. The largest absolute Gasteiger partial charge is 0.497 e. The van der Waals surface area contributed by atoms with Crippen molar-refractivity contribution in [3.63, 3.8) is 0 Å². The van der Waals surface area contributed by atoms with Crippen LogP contribution in [0.1, 0.15) is 38.2 Å². The maximum atomic E-state index is 12.9. The van der Waals surface area contributed by atoms with Crippen LogP contribution < -0.4 is 4.74 Å². The number of carbonyl (C=O) groups excluding carboxylic acids is 1. The summed E-state index contributed by atoms with van der Waals surface area (Å²) in [6.45, 7) is 4.38. The first-order chi connectivity index (χ1) is 11.0. The standard InChI is InChI=1S/C19H28N2O2/c1-19-10-6-12-21(17(19)9-5-11-20(19)2)18(22)14-15-7-4-8-16(13-15)23-3/h4,7-8,13,17H,5-6,9-12,14H2,1-3H3/t17-,19-/m0/s1. The van der Waals surface area contributed by atoms with Crippen molar-refractivity contribution in [2.24, 2.45) is 0 Å². The molecule has 2 heterocycles. The Kier molecular flexibility index (Phi) is 4.62. The highest BCUT2D eigenvalue weighted by Gasteiger charge is 2.46. The molecule has 126 valence electrons. The fourth-order valence-corrected chi connectivity index (χ4v) is 4.31. The molecule has 0 aromatic heterocycles. The van der Waals surface area contributed by atoms with Gasteiger partial charge < -0.3 is 9.64 Å². The Labute approximate surface area is 139 Å². The summed E-state index contributed by atoms with van der Waals surface area (Å²) < 4.78 is 5.27. The van der Waals surface area contributed by atoms with Crippen LogP contribution in [0.2, 0.25) is 0 Å². The van der Waals surface area contributed by atoms with E-state index in [9.17, 15) is 4.79 Å². The van der Waals surface area contributed by atoms with E-state index in [0.717, 1.165) is 37.2 Å². The molecule has 0 radical (unpaired) electrons. The van der Waals surface area contributed by atoms with E-state index < -0.39 is 0 Å². The first-order valence-electron chi connectivity index (χ1n) is 8.68. The van der Waals surface area contributed by atoms with Gasteiger partial charge in [-0.05, 0) is 63.9 Å². The molecule has 0 unspecified atom stereocenters. The zero-order valence-corrected chi connectivity index (χ0v) is 14.5. The molecule has 0 bridgehead atoms. The Bertz CT molecular complexity index is 574. The highest BCUT2D eigenvalue weighted by Crippen LogP contribution is 2.38. The van der Waals surface area contributed by atoms with Crippen LogP contribution in [0.15, 0.2) is 24.3 Å². The number of rotatable bonds is 3.